The Kier molecular flexibility index (Phi) is 2.29. The van der Waals surface area contributed by atoms with Gasteiger partial charge in [0.05, 0.1) is 0 Å². The van der Waals surface area contributed by atoms with Crippen LogP contribution in [0.3, 0.4) is 0 Å². The number of thiophene rings is 1. The highest BCUT2D eigenvalue weighted by atomic mass is 32.1. The standard InChI is InChI=1S/C15H10BOS/c1-4-8-13-10(5-1)9-14(18-13)15-11-6-2-3-7-12(11)16-17-15/h1-9,15H. The monoisotopic (exact) mass is 249 g/mol. The zero-order valence-corrected chi connectivity index (χ0v) is 10.5. The van der Waals surface area contributed by atoms with E-state index in [1.807, 2.05) is 24.9 Å². The summed E-state index contributed by atoms with van der Waals surface area (Å²) in [6.45, 7) is 0. The summed E-state index contributed by atoms with van der Waals surface area (Å²) in [5.74, 6) is 0. The van der Waals surface area contributed by atoms with Crippen molar-refractivity contribution in [2.24, 2.45) is 0 Å². The number of hydrogen-bond donors (Lipinski definition) is 0. The summed E-state index contributed by atoms with van der Waals surface area (Å²) in [7, 11) is 1.87. The number of benzene rings is 2. The minimum absolute atomic E-state index is 0.0681. The highest BCUT2D eigenvalue weighted by Gasteiger charge is 2.26. The maximum absolute atomic E-state index is 5.82. The highest BCUT2D eigenvalue weighted by molar-refractivity contribution is 7.19. The minimum Gasteiger partial charge on any atom is -0.423 e. The molecule has 0 N–H and O–H groups in total. The molecule has 3 aromatic rings. The first-order valence-corrected chi connectivity index (χ1v) is 6.79. The molecular weight excluding hydrogens is 239 g/mol. The van der Waals surface area contributed by atoms with Crippen LogP contribution in [-0.2, 0) is 4.65 Å². The molecule has 0 amide bonds. The average Bonchev–Trinajstić information content (AvgIpc) is 3.02. The summed E-state index contributed by atoms with van der Waals surface area (Å²) in [5.41, 5.74) is 2.46. The Morgan fingerprint density at radius 2 is 1.83 bits per heavy atom. The smallest absolute Gasteiger partial charge is 0.331 e. The molecule has 1 atom stereocenters. The van der Waals surface area contributed by atoms with Gasteiger partial charge in [-0.05, 0) is 28.5 Å². The second-order valence-electron chi connectivity index (χ2n) is 4.45. The molecule has 85 valence electrons. The van der Waals surface area contributed by atoms with E-state index in [-0.39, 0.29) is 6.10 Å². The number of fused-ring (bicyclic) bond motifs is 2. The molecule has 0 spiro atoms. The SMILES string of the molecule is [B]1OC(c2cc3ccccc3s2)c2ccccc21. The quantitative estimate of drug-likeness (QED) is 0.601. The Hall–Kier alpha value is -1.58. The van der Waals surface area contributed by atoms with Crippen molar-refractivity contribution in [3.63, 3.8) is 0 Å². The van der Waals surface area contributed by atoms with Crippen LogP contribution in [0.5, 0.6) is 0 Å². The van der Waals surface area contributed by atoms with Gasteiger partial charge in [-0.3, -0.25) is 0 Å². The van der Waals surface area contributed by atoms with Crippen LogP contribution in [0.25, 0.3) is 10.1 Å². The lowest BCUT2D eigenvalue weighted by atomic mass is 9.87. The molecule has 18 heavy (non-hydrogen) atoms. The summed E-state index contributed by atoms with van der Waals surface area (Å²) in [6.07, 6.45) is 0.0681. The minimum atomic E-state index is 0.0681. The van der Waals surface area contributed by atoms with E-state index >= 15 is 0 Å². The van der Waals surface area contributed by atoms with Crippen molar-refractivity contribution in [3.05, 3.63) is 65.0 Å². The Labute approximate surface area is 110 Å². The van der Waals surface area contributed by atoms with Crippen LogP contribution < -0.4 is 5.46 Å². The molecule has 2 heterocycles. The highest BCUT2D eigenvalue weighted by Crippen LogP contribution is 2.36. The van der Waals surface area contributed by atoms with E-state index in [1.165, 1.54) is 26.0 Å². The zero-order chi connectivity index (χ0) is 11.9. The molecule has 1 aliphatic rings. The molecule has 2 aromatic carbocycles. The van der Waals surface area contributed by atoms with E-state index in [4.69, 9.17) is 4.65 Å². The molecule has 1 radical (unpaired) electrons. The molecule has 0 saturated carbocycles. The van der Waals surface area contributed by atoms with Gasteiger partial charge in [-0.2, -0.15) is 0 Å². The normalized spacial score (nSPS) is 17.7. The first-order chi connectivity index (χ1) is 8.92. The lowest BCUT2D eigenvalue weighted by Gasteiger charge is -2.09. The fourth-order valence-electron chi connectivity index (χ4n) is 2.42. The van der Waals surface area contributed by atoms with E-state index in [0.717, 1.165) is 0 Å². The van der Waals surface area contributed by atoms with Gasteiger partial charge in [-0.15, -0.1) is 11.3 Å². The third kappa shape index (κ3) is 1.52. The van der Waals surface area contributed by atoms with Gasteiger partial charge >= 0.3 is 7.48 Å². The first kappa shape index (κ1) is 10.4. The molecule has 1 aromatic heterocycles. The Balaban J connectivity index is 1.85. The van der Waals surface area contributed by atoms with Crippen LogP contribution in [0.4, 0.5) is 0 Å². The fourth-order valence-corrected chi connectivity index (χ4v) is 3.54. The summed E-state index contributed by atoms with van der Waals surface area (Å²) in [4.78, 5) is 1.28. The Morgan fingerprint density at radius 3 is 2.78 bits per heavy atom. The molecule has 1 unspecified atom stereocenters. The predicted molar refractivity (Wildman–Crippen MR) is 76.6 cm³/mol. The van der Waals surface area contributed by atoms with Crippen molar-refractivity contribution in [2.75, 3.05) is 0 Å². The van der Waals surface area contributed by atoms with E-state index in [0.29, 0.717) is 0 Å². The maximum Gasteiger partial charge on any atom is 0.331 e. The predicted octanol–water partition coefficient (Wildman–Crippen LogP) is 3.27. The number of rotatable bonds is 1. The van der Waals surface area contributed by atoms with Crippen molar-refractivity contribution < 1.29 is 4.65 Å². The summed E-state index contributed by atoms with van der Waals surface area (Å²) in [5, 5.41) is 1.30. The third-order valence-corrected chi connectivity index (χ3v) is 4.47. The number of hydrogen-bond acceptors (Lipinski definition) is 2. The second kappa shape index (κ2) is 3.97. The molecule has 0 fully saturated rings. The molecule has 0 saturated heterocycles. The van der Waals surface area contributed by atoms with Crippen LogP contribution in [0.1, 0.15) is 16.5 Å². The van der Waals surface area contributed by atoms with Crippen LogP contribution in [-0.4, -0.2) is 7.48 Å². The van der Waals surface area contributed by atoms with E-state index in [2.05, 4.69) is 48.5 Å². The lowest BCUT2D eigenvalue weighted by molar-refractivity contribution is 0.285. The van der Waals surface area contributed by atoms with Crippen molar-refractivity contribution in [3.8, 4) is 0 Å². The largest absolute Gasteiger partial charge is 0.423 e. The van der Waals surface area contributed by atoms with Gasteiger partial charge in [-0.25, -0.2) is 0 Å². The molecule has 0 bridgehead atoms. The molecule has 4 rings (SSSR count). The van der Waals surface area contributed by atoms with Crippen molar-refractivity contribution in [1.29, 1.82) is 0 Å². The van der Waals surface area contributed by atoms with Crippen LogP contribution >= 0.6 is 11.3 Å². The molecular formula is C15H10BOS. The topological polar surface area (TPSA) is 9.23 Å². The van der Waals surface area contributed by atoms with Gasteiger partial charge in [0.15, 0.2) is 0 Å². The van der Waals surface area contributed by atoms with Gasteiger partial charge in [0.2, 0.25) is 0 Å². The zero-order valence-electron chi connectivity index (χ0n) is 9.67. The van der Waals surface area contributed by atoms with Crippen LogP contribution in [0.2, 0.25) is 0 Å². The van der Waals surface area contributed by atoms with E-state index in [9.17, 15) is 0 Å². The van der Waals surface area contributed by atoms with Gasteiger partial charge in [0, 0.05) is 9.58 Å². The lowest BCUT2D eigenvalue weighted by Crippen LogP contribution is -2.09. The van der Waals surface area contributed by atoms with Gasteiger partial charge in [0.25, 0.3) is 0 Å². The third-order valence-electron chi connectivity index (χ3n) is 3.31. The first-order valence-electron chi connectivity index (χ1n) is 5.98. The Morgan fingerprint density at radius 1 is 1.00 bits per heavy atom. The summed E-state index contributed by atoms with van der Waals surface area (Å²) >= 11 is 1.81. The second-order valence-corrected chi connectivity index (χ2v) is 5.56. The van der Waals surface area contributed by atoms with E-state index < -0.39 is 0 Å². The fraction of sp³-hybridized carbons (Fsp3) is 0.0667. The van der Waals surface area contributed by atoms with Gasteiger partial charge < -0.3 is 4.65 Å². The van der Waals surface area contributed by atoms with Crippen molar-refractivity contribution >= 4 is 34.4 Å². The van der Waals surface area contributed by atoms with Crippen LogP contribution in [0, 0.1) is 0 Å². The Bertz CT molecular complexity index is 686. The summed E-state index contributed by atoms with van der Waals surface area (Å²) in [6, 6.07) is 19.1. The molecule has 1 nitrogen and oxygen atoms in total. The van der Waals surface area contributed by atoms with E-state index in [1.54, 1.807) is 0 Å². The van der Waals surface area contributed by atoms with Crippen molar-refractivity contribution in [2.45, 2.75) is 6.10 Å². The molecule has 1 aliphatic heterocycles. The van der Waals surface area contributed by atoms with Gasteiger partial charge in [-0.1, -0.05) is 42.5 Å². The molecule has 0 aliphatic carbocycles. The molecule has 3 heteroatoms. The van der Waals surface area contributed by atoms with Crippen LogP contribution in [0.15, 0.2) is 54.6 Å². The maximum atomic E-state index is 5.82. The summed E-state index contributed by atoms with van der Waals surface area (Å²) < 4.78 is 7.14. The van der Waals surface area contributed by atoms with Crippen molar-refractivity contribution in [1.82, 2.24) is 0 Å². The average molecular weight is 249 g/mol. The van der Waals surface area contributed by atoms with Gasteiger partial charge in [0.1, 0.15) is 6.10 Å².